The molecule has 0 bridgehead atoms. The zero-order chi connectivity index (χ0) is 8.77. The van der Waals surface area contributed by atoms with E-state index < -0.39 is 0 Å². The van der Waals surface area contributed by atoms with E-state index in [1.54, 1.807) is 0 Å². The normalized spacial score (nSPS) is 43.8. The zero-order valence-electron chi connectivity index (χ0n) is 7.38. The van der Waals surface area contributed by atoms with Crippen LogP contribution in [0, 0.1) is 17.3 Å². The molecule has 68 valence electrons. The molecule has 2 unspecified atom stereocenters. The summed E-state index contributed by atoms with van der Waals surface area (Å²) in [6.45, 7) is 0.451. The standard InChI is InChI=1S/C9H15NO2/c1-12-8(11)9(5-10)3-6-2-7(6)4-9/h6-7H,2-5,10H2,1H3. The number of ether oxygens (including phenoxy) is 1. The third-order valence-corrected chi connectivity index (χ3v) is 3.38. The second kappa shape index (κ2) is 2.46. The fourth-order valence-corrected chi connectivity index (χ4v) is 2.53. The molecule has 2 atom stereocenters. The molecule has 12 heavy (non-hydrogen) atoms. The number of carbonyl (C=O) groups excluding carboxylic acids is 1. The third kappa shape index (κ3) is 0.959. The molecule has 2 N–H and O–H groups in total. The van der Waals surface area contributed by atoms with Crippen molar-refractivity contribution in [3.63, 3.8) is 0 Å². The van der Waals surface area contributed by atoms with Gasteiger partial charge < -0.3 is 10.5 Å². The lowest BCUT2D eigenvalue weighted by atomic mass is 9.83. The highest BCUT2D eigenvalue weighted by atomic mass is 16.5. The van der Waals surface area contributed by atoms with Crippen LogP contribution in [0.3, 0.4) is 0 Å². The van der Waals surface area contributed by atoms with Crippen LogP contribution in [0.1, 0.15) is 19.3 Å². The number of hydrogen-bond donors (Lipinski definition) is 1. The second-order valence-corrected chi connectivity index (χ2v) is 4.14. The van der Waals surface area contributed by atoms with Crippen molar-refractivity contribution in [3.8, 4) is 0 Å². The van der Waals surface area contributed by atoms with E-state index in [1.807, 2.05) is 0 Å². The Morgan fingerprint density at radius 2 is 2.17 bits per heavy atom. The minimum Gasteiger partial charge on any atom is -0.469 e. The summed E-state index contributed by atoms with van der Waals surface area (Å²) in [4.78, 5) is 11.4. The van der Waals surface area contributed by atoms with Crippen molar-refractivity contribution < 1.29 is 9.53 Å². The first-order valence-corrected chi connectivity index (χ1v) is 4.50. The van der Waals surface area contributed by atoms with Crippen LogP contribution in [0.4, 0.5) is 0 Å². The predicted molar refractivity (Wildman–Crippen MR) is 44.3 cm³/mol. The molecule has 2 rings (SSSR count). The molecular weight excluding hydrogens is 154 g/mol. The monoisotopic (exact) mass is 169 g/mol. The van der Waals surface area contributed by atoms with E-state index in [-0.39, 0.29) is 11.4 Å². The van der Waals surface area contributed by atoms with E-state index in [0.717, 1.165) is 24.7 Å². The summed E-state index contributed by atoms with van der Waals surface area (Å²) in [5.41, 5.74) is 5.31. The highest BCUT2D eigenvalue weighted by Crippen LogP contribution is 2.59. The Hall–Kier alpha value is -0.570. The van der Waals surface area contributed by atoms with Gasteiger partial charge in [-0.2, -0.15) is 0 Å². The highest BCUT2D eigenvalue weighted by Gasteiger charge is 2.57. The fraction of sp³-hybridized carbons (Fsp3) is 0.889. The van der Waals surface area contributed by atoms with Gasteiger partial charge in [0.05, 0.1) is 12.5 Å². The summed E-state index contributed by atoms with van der Waals surface area (Å²) in [5, 5.41) is 0. The molecule has 0 aromatic rings. The van der Waals surface area contributed by atoms with Crippen LogP contribution in [0.2, 0.25) is 0 Å². The fourth-order valence-electron chi connectivity index (χ4n) is 2.53. The molecule has 3 nitrogen and oxygen atoms in total. The van der Waals surface area contributed by atoms with Gasteiger partial charge in [0.25, 0.3) is 0 Å². The average molecular weight is 169 g/mol. The number of esters is 1. The Bertz CT molecular complexity index is 205. The van der Waals surface area contributed by atoms with Gasteiger partial charge in [0.1, 0.15) is 0 Å². The predicted octanol–water partition coefficient (Wildman–Crippen LogP) is 0.534. The van der Waals surface area contributed by atoms with Gasteiger partial charge in [0, 0.05) is 6.54 Å². The maximum atomic E-state index is 11.4. The van der Waals surface area contributed by atoms with Crippen LogP contribution >= 0.6 is 0 Å². The van der Waals surface area contributed by atoms with E-state index >= 15 is 0 Å². The number of fused-ring (bicyclic) bond motifs is 1. The molecule has 0 aromatic carbocycles. The smallest absolute Gasteiger partial charge is 0.313 e. The van der Waals surface area contributed by atoms with Crippen LogP contribution in [-0.4, -0.2) is 19.6 Å². The molecule has 0 heterocycles. The van der Waals surface area contributed by atoms with E-state index in [9.17, 15) is 4.79 Å². The molecule has 2 fully saturated rings. The summed E-state index contributed by atoms with van der Waals surface area (Å²) >= 11 is 0. The molecule has 0 spiro atoms. The van der Waals surface area contributed by atoms with Crippen LogP contribution in [0.25, 0.3) is 0 Å². The van der Waals surface area contributed by atoms with Gasteiger partial charge >= 0.3 is 5.97 Å². The van der Waals surface area contributed by atoms with Crippen LogP contribution < -0.4 is 5.73 Å². The van der Waals surface area contributed by atoms with Crippen molar-refractivity contribution in [3.05, 3.63) is 0 Å². The first-order chi connectivity index (χ1) is 5.72. The Morgan fingerprint density at radius 3 is 2.58 bits per heavy atom. The van der Waals surface area contributed by atoms with E-state index in [2.05, 4.69) is 0 Å². The quantitative estimate of drug-likeness (QED) is 0.614. The van der Waals surface area contributed by atoms with Gasteiger partial charge in [-0.1, -0.05) is 0 Å². The molecule has 2 aliphatic rings. The number of methoxy groups -OCH3 is 1. The molecule has 2 saturated carbocycles. The molecule has 0 radical (unpaired) electrons. The minimum absolute atomic E-state index is 0.0998. The number of nitrogens with two attached hydrogens (primary N) is 1. The Labute approximate surface area is 72.3 Å². The zero-order valence-corrected chi connectivity index (χ0v) is 7.38. The van der Waals surface area contributed by atoms with Crippen LogP contribution in [0.15, 0.2) is 0 Å². The first-order valence-electron chi connectivity index (χ1n) is 4.50. The molecule has 0 amide bonds. The lowest BCUT2D eigenvalue weighted by Gasteiger charge is -2.25. The summed E-state index contributed by atoms with van der Waals surface area (Å²) in [6, 6.07) is 0. The SMILES string of the molecule is COC(=O)C1(CN)CC2CC2C1. The van der Waals surface area contributed by atoms with Crippen molar-refractivity contribution in [1.29, 1.82) is 0 Å². The molecule has 0 saturated heterocycles. The highest BCUT2D eigenvalue weighted by molar-refractivity contribution is 5.77. The van der Waals surface area contributed by atoms with Gasteiger partial charge in [-0.3, -0.25) is 4.79 Å². The van der Waals surface area contributed by atoms with E-state index in [1.165, 1.54) is 13.5 Å². The molecule has 0 aliphatic heterocycles. The summed E-state index contributed by atoms with van der Waals surface area (Å²) in [5.74, 6) is 1.44. The number of hydrogen-bond acceptors (Lipinski definition) is 3. The maximum absolute atomic E-state index is 11.4. The lowest BCUT2D eigenvalue weighted by molar-refractivity contribution is -0.152. The summed E-state index contributed by atoms with van der Waals surface area (Å²) in [6.07, 6.45) is 3.22. The minimum atomic E-state index is -0.317. The maximum Gasteiger partial charge on any atom is 0.313 e. The van der Waals surface area contributed by atoms with Gasteiger partial charge in [-0.05, 0) is 31.1 Å². The van der Waals surface area contributed by atoms with Gasteiger partial charge in [0.2, 0.25) is 0 Å². The number of rotatable bonds is 2. The van der Waals surface area contributed by atoms with Crippen molar-refractivity contribution in [1.82, 2.24) is 0 Å². The molecule has 2 aliphatic carbocycles. The molecular formula is C9H15NO2. The molecule has 3 heteroatoms. The summed E-state index contributed by atoms with van der Waals surface area (Å²) in [7, 11) is 1.45. The van der Waals surface area contributed by atoms with Gasteiger partial charge in [0.15, 0.2) is 0 Å². The van der Waals surface area contributed by atoms with Crippen molar-refractivity contribution in [2.75, 3.05) is 13.7 Å². The topological polar surface area (TPSA) is 52.3 Å². The largest absolute Gasteiger partial charge is 0.469 e. The summed E-state index contributed by atoms with van der Waals surface area (Å²) < 4.78 is 4.78. The van der Waals surface area contributed by atoms with Crippen molar-refractivity contribution in [2.24, 2.45) is 23.0 Å². The Morgan fingerprint density at radius 1 is 1.58 bits per heavy atom. The third-order valence-electron chi connectivity index (χ3n) is 3.38. The Balaban J connectivity index is 2.10. The van der Waals surface area contributed by atoms with Crippen molar-refractivity contribution >= 4 is 5.97 Å². The van der Waals surface area contributed by atoms with Gasteiger partial charge in [-0.25, -0.2) is 0 Å². The van der Waals surface area contributed by atoms with Crippen LogP contribution in [-0.2, 0) is 9.53 Å². The number of carbonyl (C=O) groups is 1. The first kappa shape index (κ1) is 8.05. The Kier molecular flexibility index (Phi) is 1.65. The van der Waals surface area contributed by atoms with Crippen molar-refractivity contribution in [2.45, 2.75) is 19.3 Å². The van der Waals surface area contributed by atoms with E-state index in [4.69, 9.17) is 10.5 Å². The van der Waals surface area contributed by atoms with E-state index in [0.29, 0.717) is 6.54 Å². The van der Waals surface area contributed by atoms with Gasteiger partial charge in [-0.15, -0.1) is 0 Å². The molecule has 0 aromatic heterocycles. The average Bonchev–Trinajstić information content (AvgIpc) is 2.72. The lowest BCUT2D eigenvalue weighted by Crippen LogP contribution is -2.38. The second-order valence-electron chi connectivity index (χ2n) is 4.14. The van der Waals surface area contributed by atoms with Crippen LogP contribution in [0.5, 0.6) is 0 Å².